The van der Waals surface area contributed by atoms with Gasteiger partial charge in [-0.25, -0.2) is 0 Å². The van der Waals surface area contributed by atoms with E-state index in [2.05, 4.69) is 15.3 Å². The van der Waals surface area contributed by atoms with Crippen LogP contribution >= 0.6 is 0 Å². The minimum Gasteiger partial charge on any atom is -0.307 e. The summed E-state index contributed by atoms with van der Waals surface area (Å²) in [6, 6.07) is 0. The highest BCUT2D eigenvalue weighted by molar-refractivity contribution is 5.64. The van der Waals surface area contributed by atoms with Crippen LogP contribution in [0.2, 0.25) is 0 Å². The van der Waals surface area contributed by atoms with E-state index in [1.165, 1.54) is 0 Å². The summed E-state index contributed by atoms with van der Waals surface area (Å²) in [7, 11) is 0. The lowest BCUT2D eigenvalue weighted by molar-refractivity contribution is -0.331. The molecule has 58 valence electrons. The van der Waals surface area contributed by atoms with Crippen LogP contribution in [0.1, 0.15) is 0 Å². The van der Waals surface area contributed by atoms with Gasteiger partial charge in [0.15, 0.2) is 0 Å². The van der Waals surface area contributed by atoms with E-state index < -0.39 is 12.5 Å². The lowest BCUT2D eigenvalue weighted by Gasteiger charge is -2.09. The highest BCUT2D eigenvalue weighted by atomic mass is 19.4. The van der Waals surface area contributed by atoms with E-state index in [1.54, 1.807) is 0 Å². The number of nitrogens with one attached hydrogen (secondary N) is 1. The van der Waals surface area contributed by atoms with Crippen LogP contribution in [0.3, 0.4) is 0 Å². The Morgan fingerprint density at radius 2 is 2.30 bits per heavy atom. The van der Waals surface area contributed by atoms with Crippen molar-refractivity contribution in [3.05, 3.63) is 0 Å². The second-order valence-electron chi connectivity index (χ2n) is 1.74. The third-order valence-electron chi connectivity index (χ3n) is 0.910. The first-order chi connectivity index (χ1) is 4.58. The monoisotopic (exact) mass is 154 g/mol. The molecule has 1 atom stereocenters. The molecule has 1 aliphatic rings. The maximum absolute atomic E-state index is 11.4. The lowest BCUT2D eigenvalue weighted by Crippen LogP contribution is -2.27. The molecule has 0 aliphatic carbocycles. The second-order valence-corrected chi connectivity index (χ2v) is 1.74. The summed E-state index contributed by atoms with van der Waals surface area (Å²) in [5, 5.41) is 3.35. The number of alkyl halides is 3. The van der Waals surface area contributed by atoms with Crippen LogP contribution in [0.5, 0.6) is 0 Å². The summed E-state index contributed by atoms with van der Waals surface area (Å²) in [5.74, 6) is 0. The van der Waals surface area contributed by atoms with E-state index in [-0.39, 0.29) is 6.54 Å². The molecule has 3 nitrogen and oxygen atoms in total. The Kier molecular flexibility index (Phi) is 1.80. The van der Waals surface area contributed by atoms with Crippen molar-refractivity contribution in [3.8, 4) is 0 Å². The number of halogens is 3. The van der Waals surface area contributed by atoms with E-state index in [1.807, 2.05) is 0 Å². The zero-order valence-electron chi connectivity index (χ0n) is 4.85. The van der Waals surface area contributed by atoms with Gasteiger partial charge in [-0.2, -0.15) is 5.10 Å². The van der Waals surface area contributed by atoms with E-state index in [0.717, 1.165) is 6.21 Å². The fraction of sp³-hybridized carbons (Fsp3) is 0.750. The normalized spacial score (nSPS) is 24.9. The quantitative estimate of drug-likeness (QED) is 0.596. The highest BCUT2D eigenvalue weighted by Gasteiger charge is 2.33. The zero-order valence-corrected chi connectivity index (χ0v) is 4.85. The Morgan fingerprint density at radius 1 is 1.60 bits per heavy atom. The van der Waals surface area contributed by atoms with E-state index in [9.17, 15) is 13.2 Å². The molecule has 1 heterocycles. The maximum atomic E-state index is 11.4. The Labute approximate surface area is 54.9 Å². The van der Waals surface area contributed by atoms with Crippen molar-refractivity contribution in [2.24, 2.45) is 5.10 Å². The predicted octanol–water partition coefficient (Wildman–Crippen LogP) is 0.480. The van der Waals surface area contributed by atoms with Crippen LogP contribution in [-0.4, -0.2) is 25.2 Å². The van der Waals surface area contributed by atoms with Gasteiger partial charge in [-0.3, -0.25) is 4.74 Å². The molecule has 10 heavy (non-hydrogen) atoms. The molecule has 0 bridgehead atoms. The summed E-state index contributed by atoms with van der Waals surface area (Å²) in [6.45, 7) is 0.0828. The largest absolute Gasteiger partial charge is 0.523 e. The lowest BCUT2D eigenvalue weighted by atomic mass is 10.4. The molecule has 0 aromatic heterocycles. The molecule has 0 spiro atoms. The summed E-state index contributed by atoms with van der Waals surface area (Å²) < 4.78 is 37.8. The summed E-state index contributed by atoms with van der Waals surface area (Å²) in [5.41, 5.74) is 2.34. The van der Waals surface area contributed by atoms with Crippen molar-refractivity contribution in [1.29, 1.82) is 0 Å². The Morgan fingerprint density at radius 3 is 2.70 bits per heavy atom. The molecule has 1 aliphatic heterocycles. The molecule has 1 rings (SSSR count). The topological polar surface area (TPSA) is 33.6 Å². The number of hydrogen-bond donors (Lipinski definition) is 1. The minimum atomic E-state index is -4.57. The van der Waals surface area contributed by atoms with Crippen LogP contribution in [0, 0.1) is 0 Å². The predicted molar refractivity (Wildman–Crippen MR) is 27.4 cm³/mol. The summed E-state index contributed by atoms with van der Waals surface area (Å²) >= 11 is 0. The molecular formula is C4H5F3N2O. The van der Waals surface area contributed by atoms with Crippen LogP contribution in [0.15, 0.2) is 5.10 Å². The molecule has 1 unspecified atom stereocenters. The van der Waals surface area contributed by atoms with Crippen molar-refractivity contribution in [3.63, 3.8) is 0 Å². The number of ether oxygens (including phenoxy) is 1. The zero-order chi connectivity index (χ0) is 7.61. The average molecular weight is 154 g/mol. The Balaban J connectivity index is 2.31. The smallest absolute Gasteiger partial charge is 0.307 e. The molecule has 0 saturated heterocycles. The van der Waals surface area contributed by atoms with Gasteiger partial charge in [0.2, 0.25) is 0 Å². The third-order valence-corrected chi connectivity index (χ3v) is 0.910. The van der Waals surface area contributed by atoms with E-state index in [4.69, 9.17) is 0 Å². The molecule has 0 saturated carbocycles. The molecular weight excluding hydrogens is 149 g/mol. The highest BCUT2D eigenvalue weighted by Crippen LogP contribution is 2.18. The van der Waals surface area contributed by atoms with Gasteiger partial charge in [0, 0.05) is 0 Å². The van der Waals surface area contributed by atoms with Gasteiger partial charge in [-0.15, -0.1) is 13.2 Å². The summed E-state index contributed by atoms with van der Waals surface area (Å²) in [4.78, 5) is 0. The first-order valence-corrected chi connectivity index (χ1v) is 2.58. The van der Waals surface area contributed by atoms with Gasteiger partial charge in [0.05, 0.1) is 12.8 Å². The number of hydrazone groups is 1. The van der Waals surface area contributed by atoms with E-state index >= 15 is 0 Å². The van der Waals surface area contributed by atoms with Crippen LogP contribution in [-0.2, 0) is 4.74 Å². The number of rotatable bonds is 1. The van der Waals surface area contributed by atoms with Gasteiger partial charge in [-0.1, -0.05) is 0 Å². The van der Waals surface area contributed by atoms with Crippen LogP contribution in [0.4, 0.5) is 13.2 Å². The van der Waals surface area contributed by atoms with Crippen molar-refractivity contribution in [2.75, 3.05) is 6.54 Å². The van der Waals surface area contributed by atoms with E-state index in [0.29, 0.717) is 0 Å². The van der Waals surface area contributed by atoms with Crippen molar-refractivity contribution in [2.45, 2.75) is 12.5 Å². The van der Waals surface area contributed by atoms with Gasteiger partial charge in [0.1, 0.15) is 6.10 Å². The van der Waals surface area contributed by atoms with Gasteiger partial charge < -0.3 is 5.43 Å². The average Bonchev–Trinajstić information content (AvgIpc) is 2.12. The molecule has 6 heteroatoms. The summed E-state index contributed by atoms with van der Waals surface area (Å²) in [6.07, 6.45) is -4.46. The molecule has 0 radical (unpaired) electrons. The third kappa shape index (κ3) is 2.22. The van der Waals surface area contributed by atoms with Crippen LogP contribution < -0.4 is 5.43 Å². The Bertz CT molecular complexity index is 144. The maximum Gasteiger partial charge on any atom is 0.523 e. The first-order valence-electron chi connectivity index (χ1n) is 2.58. The number of hydrogen-bond acceptors (Lipinski definition) is 3. The molecule has 0 aromatic rings. The fourth-order valence-corrected chi connectivity index (χ4v) is 0.575. The number of nitrogens with zero attached hydrogens (tertiary/aromatic N) is 1. The molecule has 1 N–H and O–H groups in total. The van der Waals surface area contributed by atoms with Crippen molar-refractivity contribution >= 4 is 6.21 Å². The SMILES string of the molecule is FC(F)(F)OC1C=NNC1. The van der Waals surface area contributed by atoms with Crippen molar-refractivity contribution < 1.29 is 17.9 Å². The van der Waals surface area contributed by atoms with Gasteiger partial charge in [-0.05, 0) is 0 Å². The minimum absolute atomic E-state index is 0.0828. The van der Waals surface area contributed by atoms with Gasteiger partial charge in [0.25, 0.3) is 0 Å². The molecule has 0 amide bonds. The first kappa shape index (κ1) is 7.33. The molecule has 0 aromatic carbocycles. The molecule has 0 fully saturated rings. The Hall–Kier alpha value is -0.780. The van der Waals surface area contributed by atoms with Gasteiger partial charge >= 0.3 is 6.36 Å². The standard InChI is InChI=1S/C4H5F3N2O/c5-4(6,7)10-3-1-8-9-2-3/h1,3,9H,2H2. The second kappa shape index (κ2) is 2.45. The van der Waals surface area contributed by atoms with Crippen LogP contribution in [0.25, 0.3) is 0 Å². The fourth-order valence-electron chi connectivity index (χ4n) is 0.575. The van der Waals surface area contributed by atoms with Crippen molar-refractivity contribution in [1.82, 2.24) is 5.43 Å².